The number of aromatic nitrogens is 3. The van der Waals surface area contributed by atoms with Crippen LogP contribution >= 0.6 is 11.3 Å². The van der Waals surface area contributed by atoms with Crippen molar-refractivity contribution in [3.8, 4) is 0 Å². The molecule has 0 amide bonds. The van der Waals surface area contributed by atoms with E-state index in [4.69, 9.17) is 0 Å². The molecule has 0 N–H and O–H groups in total. The van der Waals surface area contributed by atoms with E-state index < -0.39 is 0 Å². The van der Waals surface area contributed by atoms with Gasteiger partial charge >= 0.3 is 0 Å². The van der Waals surface area contributed by atoms with Gasteiger partial charge in [-0.1, -0.05) is 37.0 Å². The summed E-state index contributed by atoms with van der Waals surface area (Å²) < 4.78 is 1.40. The van der Waals surface area contributed by atoms with Crippen molar-refractivity contribution in [2.75, 3.05) is 7.05 Å². The van der Waals surface area contributed by atoms with Crippen molar-refractivity contribution in [1.82, 2.24) is 19.5 Å². The van der Waals surface area contributed by atoms with Crippen molar-refractivity contribution in [1.29, 1.82) is 0 Å². The summed E-state index contributed by atoms with van der Waals surface area (Å²) in [5.41, 5.74) is 0.781. The fourth-order valence-corrected chi connectivity index (χ4v) is 3.88. The van der Waals surface area contributed by atoms with Gasteiger partial charge < -0.3 is 0 Å². The molecule has 0 bridgehead atoms. The van der Waals surface area contributed by atoms with Gasteiger partial charge in [0.2, 0.25) is 4.96 Å². The summed E-state index contributed by atoms with van der Waals surface area (Å²) in [6.45, 7) is 2.64. The molecule has 1 aliphatic carbocycles. The Balaban J connectivity index is 1.78. The molecular weight excluding hydrogens is 284 g/mol. The SMILES string of the molecule is Cc1nn2c(=O)cc(CN(C)C3CCCCCC3)nc2s1. The van der Waals surface area contributed by atoms with Gasteiger partial charge in [-0.25, -0.2) is 4.98 Å². The predicted octanol–water partition coefficient (Wildman–Crippen LogP) is 2.61. The first-order valence-corrected chi connectivity index (χ1v) is 8.52. The van der Waals surface area contributed by atoms with Gasteiger partial charge in [0.15, 0.2) is 0 Å². The molecule has 2 aromatic rings. The summed E-state index contributed by atoms with van der Waals surface area (Å²) in [6, 6.07) is 2.25. The number of hydrogen-bond acceptors (Lipinski definition) is 5. The number of rotatable bonds is 3. The van der Waals surface area contributed by atoms with Gasteiger partial charge in [0.05, 0.1) is 5.69 Å². The highest BCUT2D eigenvalue weighted by atomic mass is 32.1. The molecule has 0 aromatic carbocycles. The number of hydrogen-bond donors (Lipinski definition) is 0. The Kier molecular flexibility index (Phi) is 4.35. The fraction of sp³-hybridized carbons (Fsp3) is 0.667. The second-order valence-electron chi connectivity index (χ2n) is 5.96. The third-order valence-electron chi connectivity index (χ3n) is 4.26. The van der Waals surface area contributed by atoms with Gasteiger partial charge in [-0.15, -0.1) is 0 Å². The molecule has 0 atom stereocenters. The van der Waals surface area contributed by atoms with Gasteiger partial charge in [-0.05, 0) is 26.8 Å². The van der Waals surface area contributed by atoms with E-state index in [1.165, 1.54) is 54.4 Å². The van der Waals surface area contributed by atoms with Gasteiger partial charge in [-0.2, -0.15) is 9.61 Å². The molecular formula is C15H22N4OS. The molecule has 0 radical (unpaired) electrons. The maximum atomic E-state index is 12.1. The van der Waals surface area contributed by atoms with Crippen LogP contribution in [0.15, 0.2) is 10.9 Å². The topological polar surface area (TPSA) is 50.5 Å². The lowest BCUT2D eigenvalue weighted by atomic mass is 10.1. The molecule has 114 valence electrons. The molecule has 0 aliphatic heterocycles. The van der Waals surface area contributed by atoms with E-state index in [2.05, 4.69) is 22.0 Å². The molecule has 2 aromatic heterocycles. The van der Waals surface area contributed by atoms with Gasteiger partial charge in [0.25, 0.3) is 5.56 Å². The van der Waals surface area contributed by atoms with E-state index in [0.717, 1.165) is 17.2 Å². The van der Waals surface area contributed by atoms with Crippen molar-refractivity contribution < 1.29 is 0 Å². The summed E-state index contributed by atoms with van der Waals surface area (Å²) in [6.07, 6.45) is 7.87. The lowest BCUT2D eigenvalue weighted by Gasteiger charge is -2.26. The van der Waals surface area contributed by atoms with Crippen molar-refractivity contribution in [2.24, 2.45) is 0 Å². The number of nitrogens with zero attached hydrogens (tertiary/aromatic N) is 4. The normalized spacial score (nSPS) is 17.5. The monoisotopic (exact) mass is 306 g/mol. The van der Waals surface area contributed by atoms with E-state index in [1.54, 1.807) is 6.07 Å². The van der Waals surface area contributed by atoms with E-state index in [-0.39, 0.29) is 5.56 Å². The third kappa shape index (κ3) is 3.32. The minimum Gasteiger partial charge on any atom is -0.298 e. The minimum atomic E-state index is -0.0754. The Morgan fingerprint density at radius 1 is 1.33 bits per heavy atom. The molecule has 3 rings (SSSR count). The van der Waals surface area contributed by atoms with Crippen LogP contribution in [0.3, 0.4) is 0 Å². The summed E-state index contributed by atoms with van der Waals surface area (Å²) in [7, 11) is 2.15. The molecule has 0 unspecified atom stereocenters. The lowest BCUT2D eigenvalue weighted by Crippen LogP contribution is -2.31. The molecule has 2 heterocycles. The van der Waals surface area contributed by atoms with Crippen LogP contribution in [0.25, 0.3) is 4.96 Å². The van der Waals surface area contributed by atoms with E-state index in [1.807, 2.05) is 6.92 Å². The maximum absolute atomic E-state index is 12.1. The van der Waals surface area contributed by atoms with Crippen LogP contribution in [0.2, 0.25) is 0 Å². The highest BCUT2D eigenvalue weighted by Crippen LogP contribution is 2.22. The molecule has 1 fully saturated rings. The zero-order chi connectivity index (χ0) is 14.8. The van der Waals surface area contributed by atoms with Crippen LogP contribution in [-0.4, -0.2) is 32.6 Å². The Labute approximate surface area is 128 Å². The summed E-state index contributed by atoms with van der Waals surface area (Å²) in [5.74, 6) is 0. The van der Waals surface area contributed by atoms with E-state index in [0.29, 0.717) is 11.0 Å². The summed E-state index contributed by atoms with van der Waals surface area (Å²) >= 11 is 1.47. The second-order valence-corrected chi connectivity index (χ2v) is 7.12. The van der Waals surface area contributed by atoms with Crippen LogP contribution in [0.4, 0.5) is 0 Å². The van der Waals surface area contributed by atoms with Crippen LogP contribution in [-0.2, 0) is 6.54 Å². The van der Waals surface area contributed by atoms with Crippen LogP contribution < -0.4 is 5.56 Å². The zero-order valence-electron chi connectivity index (χ0n) is 12.7. The van der Waals surface area contributed by atoms with E-state index >= 15 is 0 Å². The highest BCUT2D eigenvalue weighted by Gasteiger charge is 2.18. The molecule has 1 saturated carbocycles. The Morgan fingerprint density at radius 3 is 2.76 bits per heavy atom. The Morgan fingerprint density at radius 2 is 2.05 bits per heavy atom. The van der Waals surface area contributed by atoms with Crippen molar-refractivity contribution >= 4 is 16.3 Å². The molecule has 1 aliphatic rings. The minimum absolute atomic E-state index is 0.0754. The van der Waals surface area contributed by atoms with Gasteiger partial charge in [-0.3, -0.25) is 9.69 Å². The number of fused-ring (bicyclic) bond motifs is 1. The lowest BCUT2D eigenvalue weighted by molar-refractivity contribution is 0.211. The quantitative estimate of drug-likeness (QED) is 0.818. The average molecular weight is 306 g/mol. The smallest absolute Gasteiger partial charge is 0.275 e. The van der Waals surface area contributed by atoms with Gasteiger partial charge in [0, 0.05) is 18.7 Å². The first-order valence-electron chi connectivity index (χ1n) is 7.70. The Bertz CT molecular complexity index is 670. The number of aryl methyl sites for hydroxylation is 1. The molecule has 0 saturated heterocycles. The first-order chi connectivity index (χ1) is 10.1. The van der Waals surface area contributed by atoms with Crippen LogP contribution in [0, 0.1) is 6.92 Å². The van der Waals surface area contributed by atoms with Crippen LogP contribution in [0.5, 0.6) is 0 Å². The van der Waals surface area contributed by atoms with Crippen molar-refractivity contribution in [2.45, 2.75) is 58.0 Å². The average Bonchev–Trinajstić information content (AvgIpc) is 2.65. The predicted molar refractivity (Wildman–Crippen MR) is 84.8 cm³/mol. The van der Waals surface area contributed by atoms with Crippen molar-refractivity contribution in [3.63, 3.8) is 0 Å². The standard InChI is InChI=1S/C15H22N4OS/c1-11-17-19-14(20)9-12(16-15(19)21-11)10-18(2)13-7-5-3-4-6-8-13/h9,13H,3-8,10H2,1-2H3. The third-order valence-corrected chi connectivity index (χ3v) is 5.08. The van der Waals surface area contributed by atoms with Gasteiger partial charge in [0.1, 0.15) is 5.01 Å². The van der Waals surface area contributed by atoms with Crippen LogP contribution in [0.1, 0.15) is 49.2 Å². The maximum Gasteiger partial charge on any atom is 0.275 e. The molecule has 21 heavy (non-hydrogen) atoms. The summed E-state index contributed by atoms with van der Waals surface area (Å²) in [4.78, 5) is 19.7. The molecule has 5 nitrogen and oxygen atoms in total. The van der Waals surface area contributed by atoms with E-state index in [9.17, 15) is 4.79 Å². The fourth-order valence-electron chi connectivity index (χ4n) is 3.12. The second kappa shape index (κ2) is 6.23. The summed E-state index contributed by atoms with van der Waals surface area (Å²) in [5, 5.41) is 5.05. The largest absolute Gasteiger partial charge is 0.298 e. The zero-order valence-corrected chi connectivity index (χ0v) is 13.5. The first kappa shape index (κ1) is 14.7. The Hall–Kier alpha value is -1.27. The van der Waals surface area contributed by atoms with Crippen molar-refractivity contribution in [3.05, 3.63) is 27.1 Å². The molecule has 0 spiro atoms. The molecule has 6 heteroatoms. The highest BCUT2D eigenvalue weighted by molar-refractivity contribution is 7.16.